The molecule has 3 heteroatoms. The second-order valence-electron chi connectivity index (χ2n) is 6.01. The van der Waals surface area contributed by atoms with Gasteiger partial charge in [-0.2, -0.15) is 11.3 Å². The zero-order valence-electron chi connectivity index (χ0n) is 13.7. The van der Waals surface area contributed by atoms with Gasteiger partial charge in [-0.05, 0) is 65.0 Å². The summed E-state index contributed by atoms with van der Waals surface area (Å²) >= 11 is 3.76. The lowest BCUT2D eigenvalue weighted by atomic mass is 9.95. The molecule has 0 bridgehead atoms. The lowest BCUT2D eigenvalue weighted by molar-refractivity contribution is 0.627. The normalized spacial score (nSPS) is 14.0. The van der Waals surface area contributed by atoms with Gasteiger partial charge in [-0.25, -0.2) is 0 Å². The number of aryl methyl sites for hydroxylation is 1. The number of hydrogen-bond donors (Lipinski definition) is 1. The van der Waals surface area contributed by atoms with Crippen molar-refractivity contribution in [3.8, 4) is 0 Å². The summed E-state index contributed by atoms with van der Waals surface area (Å²) in [5.41, 5.74) is 8.88. The Morgan fingerprint density at radius 3 is 2.65 bits per heavy atom. The molecule has 23 heavy (non-hydrogen) atoms. The molecule has 0 saturated carbocycles. The molecule has 0 amide bonds. The van der Waals surface area contributed by atoms with E-state index < -0.39 is 0 Å². The van der Waals surface area contributed by atoms with Crippen LogP contribution in [0.5, 0.6) is 0 Å². The van der Waals surface area contributed by atoms with Crippen molar-refractivity contribution >= 4 is 33.9 Å². The summed E-state index contributed by atoms with van der Waals surface area (Å²) in [5.74, 6) is 0. The molecule has 1 aromatic heterocycles. The van der Waals surface area contributed by atoms with Crippen molar-refractivity contribution in [1.82, 2.24) is 0 Å². The van der Waals surface area contributed by atoms with Crippen LogP contribution in [-0.2, 0) is 11.2 Å². The van der Waals surface area contributed by atoms with Crippen LogP contribution in [0.25, 0.3) is 10.8 Å². The maximum atomic E-state index is 5.97. The van der Waals surface area contributed by atoms with E-state index in [2.05, 4.69) is 67.1 Å². The van der Waals surface area contributed by atoms with Crippen LogP contribution in [0.2, 0.25) is 0 Å². The van der Waals surface area contributed by atoms with Crippen molar-refractivity contribution in [1.29, 1.82) is 0 Å². The lowest BCUT2D eigenvalue weighted by Crippen LogP contribution is -2.22. The van der Waals surface area contributed by atoms with E-state index in [9.17, 15) is 0 Å². The molecular formula is C20H23NS2. The number of nitrogens with two attached hydrogens (primary N) is 1. The lowest BCUT2D eigenvalue weighted by Gasteiger charge is -2.30. The minimum Gasteiger partial charge on any atom is -0.330 e. The number of hydrogen-bond acceptors (Lipinski definition) is 3. The maximum Gasteiger partial charge on any atom is 0.0450 e. The molecule has 0 radical (unpaired) electrons. The number of thioether (sulfide) groups is 1. The first-order valence-electron chi connectivity index (χ1n) is 8.10. The van der Waals surface area contributed by atoms with Gasteiger partial charge in [0.25, 0.3) is 0 Å². The van der Waals surface area contributed by atoms with Crippen molar-refractivity contribution in [3.63, 3.8) is 0 Å². The quantitative estimate of drug-likeness (QED) is 0.572. The van der Waals surface area contributed by atoms with Gasteiger partial charge in [-0.1, -0.05) is 43.3 Å². The molecule has 0 aliphatic heterocycles. The first-order valence-corrected chi connectivity index (χ1v) is 9.86. The zero-order chi connectivity index (χ0) is 16.3. The average Bonchev–Trinajstić information content (AvgIpc) is 3.05. The van der Waals surface area contributed by atoms with Crippen molar-refractivity contribution in [2.75, 3.05) is 6.54 Å². The van der Waals surface area contributed by atoms with Crippen molar-refractivity contribution in [2.45, 2.75) is 36.3 Å². The highest BCUT2D eigenvalue weighted by molar-refractivity contribution is 8.00. The van der Waals surface area contributed by atoms with Crippen LogP contribution in [0.1, 0.15) is 31.4 Å². The molecule has 3 rings (SSSR count). The van der Waals surface area contributed by atoms with Gasteiger partial charge in [-0.15, -0.1) is 11.8 Å². The molecule has 1 atom stereocenters. The molecule has 3 aromatic rings. The van der Waals surface area contributed by atoms with E-state index >= 15 is 0 Å². The van der Waals surface area contributed by atoms with Gasteiger partial charge < -0.3 is 5.73 Å². The molecule has 1 heterocycles. The smallest absolute Gasteiger partial charge is 0.0450 e. The molecule has 0 aliphatic carbocycles. The number of rotatable bonds is 6. The minimum absolute atomic E-state index is 0.0181. The Hall–Kier alpha value is -1.29. The third-order valence-corrected chi connectivity index (χ3v) is 6.64. The molecule has 0 fully saturated rings. The molecule has 0 spiro atoms. The predicted octanol–water partition coefficient (Wildman–Crippen LogP) is 5.82. The molecular weight excluding hydrogens is 318 g/mol. The highest BCUT2D eigenvalue weighted by atomic mass is 32.2. The molecule has 2 aromatic carbocycles. The summed E-state index contributed by atoms with van der Waals surface area (Å²) in [7, 11) is 0. The van der Waals surface area contributed by atoms with Gasteiger partial charge in [0.15, 0.2) is 0 Å². The molecule has 0 aliphatic rings. The average molecular weight is 342 g/mol. The van der Waals surface area contributed by atoms with Crippen LogP contribution >= 0.6 is 23.1 Å². The summed E-state index contributed by atoms with van der Waals surface area (Å²) in [6.45, 7) is 5.28. The Morgan fingerprint density at radius 2 is 1.87 bits per heavy atom. The molecule has 0 saturated heterocycles. The number of fused-ring (bicyclic) bond motifs is 1. The number of thiophene rings is 1. The Balaban J connectivity index is 2.05. The van der Waals surface area contributed by atoms with Crippen LogP contribution in [0.3, 0.4) is 0 Å². The van der Waals surface area contributed by atoms with Gasteiger partial charge >= 0.3 is 0 Å². The van der Waals surface area contributed by atoms with E-state index in [0.717, 1.165) is 12.8 Å². The highest BCUT2D eigenvalue weighted by Gasteiger charge is 2.30. The van der Waals surface area contributed by atoms with E-state index in [0.29, 0.717) is 6.54 Å². The van der Waals surface area contributed by atoms with E-state index in [1.54, 1.807) is 11.3 Å². The third kappa shape index (κ3) is 3.32. The fourth-order valence-electron chi connectivity index (χ4n) is 3.10. The maximum absolute atomic E-state index is 5.97. The molecule has 2 N–H and O–H groups in total. The highest BCUT2D eigenvalue weighted by Crippen LogP contribution is 2.47. The summed E-state index contributed by atoms with van der Waals surface area (Å²) in [6.07, 6.45) is 2.06. The van der Waals surface area contributed by atoms with Crippen molar-refractivity contribution in [3.05, 3.63) is 64.4 Å². The van der Waals surface area contributed by atoms with Gasteiger partial charge in [0.2, 0.25) is 0 Å². The summed E-state index contributed by atoms with van der Waals surface area (Å²) in [5, 5.41) is 7.23. The predicted molar refractivity (Wildman–Crippen MR) is 105 cm³/mol. The van der Waals surface area contributed by atoms with E-state index in [1.807, 2.05) is 11.8 Å². The third-order valence-electron chi connectivity index (χ3n) is 4.40. The standard InChI is InChI=1S/C20H23NS2/c1-3-15-13-22-14-18(15)20(2,11-12-21)23-19-10-6-8-16-7-4-5-9-17(16)19/h4-10,13-14H,3,11-12,21H2,1-2H3. The summed E-state index contributed by atoms with van der Waals surface area (Å²) in [6, 6.07) is 15.2. The largest absolute Gasteiger partial charge is 0.330 e. The Kier molecular flexibility index (Phi) is 5.10. The van der Waals surface area contributed by atoms with E-state index in [4.69, 9.17) is 5.73 Å². The SMILES string of the molecule is CCc1cscc1C(C)(CCN)Sc1cccc2ccccc12. The van der Waals surface area contributed by atoms with Gasteiger partial charge in [0.05, 0.1) is 0 Å². The Labute approximate surface area is 146 Å². The monoisotopic (exact) mass is 341 g/mol. The zero-order valence-corrected chi connectivity index (χ0v) is 15.3. The summed E-state index contributed by atoms with van der Waals surface area (Å²) < 4.78 is 0.0181. The minimum atomic E-state index is 0.0181. The van der Waals surface area contributed by atoms with E-state index in [1.165, 1.54) is 26.8 Å². The topological polar surface area (TPSA) is 26.0 Å². The Morgan fingerprint density at radius 1 is 1.09 bits per heavy atom. The van der Waals surface area contributed by atoms with Crippen LogP contribution < -0.4 is 5.73 Å². The van der Waals surface area contributed by atoms with Gasteiger partial charge in [0, 0.05) is 9.64 Å². The van der Waals surface area contributed by atoms with Gasteiger partial charge in [0.1, 0.15) is 0 Å². The first kappa shape index (κ1) is 16.6. The van der Waals surface area contributed by atoms with Crippen LogP contribution in [0.15, 0.2) is 58.1 Å². The van der Waals surface area contributed by atoms with Crippen LogP contribution in [-0.4, -0.2) is 6.54 Å². The fraction of sp³-hybridized carbons (Fsp3) is 0.300. The van der Waals surface area contributed by atoms with Crippen LogP contribution in [0, 0.1) is 0 Å². The van der Waals surface area contributed by atoms with Crippen molar-refractivity contribution < 1.29 is 0 Å². The number of benzene rings is 2. The second kappa shape index (κ2) is 7.08. The molecule has 1 nitrogen and oxygen atoms in total. The van der Waals surface area contributed by atoms with Gasteiger partial charge in [-0.3, -0.25) is 0 Å². The first-order chi connectivity index (χ1) is 11.2. The van der Waals surface area contributed by atoms with Crippen molar-refractivity contribution in [2.24, 2.45) is 5.73 Å². The molecule has 120 valence electrons. The fourth-order valence-corrected chi connectivity index (χ4v) is 5.70. The molecule has 1 unspecified atom stereocenters. The summed E-state index contributed by atoms with van der Waals surface area (Å²) in [4.78, 5) is 1.34. The Bertz CT molecular complexity index is 788. The van der Waals surface area contributed by atoms with E-state index in [-0.39, 0.29) is 4.75 Å². The second-order valence-corrected chi connectivity index (χ2v) is 8.30. The van der Waals surface area contributed by atoms with Crippen LogP contribution in [0.4, 0.5) is 0 Å².